The molecule has 1 aromatic rings. The minimum Gasteiger partial charge on any atom is -0.397 e. The highest BCUT2D eigenvalue weighted by Crippen LogP contribution is 2.07. The minimum absolute atomic E-state index is 0.515. The van der Waals surface area contributed by atoms with E-state index >= 15 is 0 Å². The van der Waals surface area contributed by atoms with Crippen molar-refractivity contribution in [3.8, 4) is 0 Å². The smallest absolute Gasteiger partial charge is 0.123 e. The van der Waals surface area contributed by atoms with E-state index in [1.165, 1.54) is 0 Å². The molecule has 0 bridgehead atoms. The van der Waals surface area contributed by atoms with E-state index in [1.807, 2.05) is 34.6 Å². The number of nitrogens with zero attached hydrogens (tertiary/aromatic N) is 1. The van der Waals surface area contributed by atoms with Crippen molar-refractivity contribution in [3.05, 3.63) is 17.8 Å². The van der Waals surface area contributed by atoms with E-state index < -0.39 is 0 Å². The average Bonchev–Trinajstić information content (AvgIpc) is 2.18. The van der Waals surface area contributed by atoms with Crippen molar-refractivity contribution < 1.29 is 0 Å². The number of pyridine rings is 1. The number of nitrogen functional groups attached to an aromatic ring is 2. The summed E-state index contributed by atoms with van der Waals surface area (Å²) in [5.74, 6) is 0.515. The lowest BCUT2D eigenvalue weighted by molar-refractivity contribution is 1.22. The Bertz CT molecular complexity index is 221. The second kappa shape index (κ2) is 8.84. The third-order valence-electron chi connectivity index (χ3n) is 1.15. The number of rotatable bonds is 0. The third kappa shape index (κ3) is 5.96. The number of hydrogen-bond donors (Lipinski definition) is 2. The van der Waals surface area contributed by atoms with Crippen LogP contribution in [0.2, 0.25) is 0 Å². The van der Waals surface area contributed by atoms with Crippen LogP contribution in [0.3, 0.4) is 0 Å². The summed E-state index contributed by atoms with van der Waals surface area (Å²) in [4.78, 5) is 3.93. The first-order valence-corrected chi connectivity index (χ1v) is 4.69. The van der Waals surface area contributed by atoms with Gasteiger partial charge in [-0.25, -0.2) is 4.98 Å². The Morgan fingerprint density at radius 2 is 1.46 bits per heavy atom. The highest BCUT2D eigenvalue weighted by Gasteiger charge is 1.91. The number of nitrogens with two attached hydrogens (primary N) is 2. The number of anilines is 2. The molecular formula is C10H21N3. The quantitative estimate of drug-likeness (QED) is 0.649. The van der Waals surface area contributed by atoms with Crippen LogP contribution in [0.15, 0.2) is 12.1 Å². The monoisotopic (exact) mass is 183 g/mol. The van der Waals surface area contributed by atoms with Gasteiger partial charge in [-0.2, -0.15) is 0 Å². The largest absolute Gasteiger partial charge is 0.397 e. The molecule has 0 saturated heterocycles. The highest BCUT2D eigenvalue weighted by atomic mass is 14.8. The lowest BCUT2D eigenvalue weighted by atomic mass is 10.3. The van der Waals surface area contributed by atoms with E-state index in [9.17, 15) is 0 Å². The van der Waals surface area contributed by atoms with Crippen LogP contribution in [0.4, 0.5) is 11.5 Å². The number of aromatic nitrogens is 1. The van der Waals surface area contributed by atoms with Crippen LogP contribution in [0, 0.1) is 6.92 Å². The van der Waals surface area contributed by atoms with Crippen LogP contribution in [0.1, 0.15) is 33.4 Å². The van der Waals surface area contributed by atoms with Gasteiger partial charge in [0.1, 0.15) is 5.82 Å². The average molecular weight is 183 g/mol. The summed E-state index contributed by atoms with van der Waals surface area (Å²) < 4.78 is 0. The van der Waals surface area contributed by atoms with E-state index in [4.69, 9.17) is 11.5 Å². The lowest BCUT2D eigenvalue weighted by Crippen LogP contribution is -1.96. The molecule has 0 radical (unpaired) electrons. The van der Waals surface area contributed by atoms with Gasteiger partial charge < -0.3 is 11.5 Å². The predicted octanol–water partition coefficient (Wildman–Crippen LogP) is 2.61. The molecule has 1 aromatic heterocycles. The van der Waals surface area contributed by atoms with Crippen LogP contribution in [0.25, 0.3) is 0 Å². The fourth-order valence-electron chi connectivity index (χ4n) is 0.591. The summed E-state index contributed by atoms with van der Waals surface area (Å²) in [7, 11) is 0. The topological polar surface area (TPSA) is 64.9 Å². The summed E-state index contributed by atoms with van der Waals surface area (Å²) in [5, 5.41) is 0. The molecular weight excluding hydrogens is 162 g/mol. The van der Waals surface area contributed by atoms with E-state index in [0.29, 0.717) is 11.5 Å². The fraction of sp³-hybridized carbons (Fsp3) is 0.500. The first-order valence-electron chi connectivity index (χ1n) is 4.69. The maximum absolute atomic E-state index is 5.47. The maximum Gasteiger partial charge on any atom is 0.123 e. The number of hydrogen-bond acceptors (Lipinski definition) is 3. The molecule has 4 N–H and O–H groups in total. The van der Waals surface area contributed by atoms with Crippen LogP contribution in [-0.4, -0.2) is 4.98 Å². The van der Waals surface area contributed by atoms with Gasteiger partial charge in [-0.3, -0.25) is 0 Å². The van der Waals surface area contributed by atoms with Gasteiger partial charge in [-0.05, 0) is 19.1 Å². The van der Waals surface area contributed by atoms with Gasteiger partial charge in [0.2, 0.25) is 0 Å². The normalized spacial score (nSPS) is 7.46. The molecule has 0 saturated carbocycles. The number of aryl methyl sites for hydroxylation is 1. The lowest BCUT2D eigenvalue weighted by Gasteiger charge is -1.97. The van der Waals surface area contributed by atoms with Gasteiger partial charge in [0, 0.05) is 0 Å². The first-order chi connectivity index (χ1) is 6.20. The van der Waals surface area contributed by atoms with Crippen LogP contribution in [0.5, 0.6) is 0 Å². The van der Waals surface area contributed by atoms with E-state index in [1.54, 1.807) is 12.1 Å². The Morgan fingerprint density at radius 1 is 1.00 bits per heavy atom. The van der Waals surface area contributed by atoms with E-state index in [-0.39, 0.29) is 0 Å². The van der Waals surface area contributed by atoms with Gasteiger partial charge in [-0.15, -0.1) is 0 Å². The molecule has 76 valence electrons. The van der Waals surface area contributed by atoms with Gasteiger partial charge in [-0.1, -0.05) is 27.7 Å². The van der Waals surface area contributed by atoms with Gasteiger partial charge in [0.25, 0.3) is 0 Å². The van der Waals surface area contributed by atoms with Crippen molar-refractivity contribution in [2.75, 3.05) is 11.5 Å². The van der Waals surface area contributed by atoms with Crippen molar-refractivity contribution in [2.45, 2.75) is 34.6 Å². The first kappa shape index (κ1) is 14.3. The molecule has 1 rings (SSSR count). The second-order valence-electron chi connectivity index (χ2n) is 1.91. The fourth-order valence-corrected chi connectivity index (χ4v) is 0.591. The highest BCUT2D eigenvalue weighted by molar-refractivity contribution is 5.46. The Morgan fingerprint density at radius 3 is 1.77 bits per heavy atom. The van der Waals surface area contributed by atoms with Gasteiger partial charge >= 0.3 is 0 Å². The van der Waals surface area contributed by atoms with Crippen LogP contribution < -0.4 is 11.5 Å². The molecule has 3 nitrogen and oxygen atoms in total. The molecule has 0 aliphatic carbocycles. The molecule has 0 aliphatic heterocycles. The van der Waals surface area contributed by atoms with Crippen molar-refractivity contribution in [2.24, 2.45) is 0 Å². The van der Waals surface area contributed by atoms with E-state index in [2.05, 4.69) is 4.98 Å². The predicted molar refractivity (Wildman–Crippen MR) is 60.5 cm³/mol. The second-order valence-corrected chi connectivity index (χ2v) is 1.91. The summed E-state index contributed by atoms with van der Waals surface area (Å²) in [6.45, 7) is 9.83. The van der Waals surface area contributed by atoms with Crippen molar-refractivity contribution in [3.63, 3.8) is 0 Å². The summed E-state index contributed by atoms with van der Waals surface area (Å²) in [5.41, 5.74) is 12.3. The minimum atomic E-state index is 0.515. The van der Waals surface area contributed by atoms with Crippen molar-refractivity contribution in [1.82, 2.24) is 4.98 Å². The molecule has 13 heavy (non-hydrogen) atoms. The molecule has 0 aromatic carbocycles. The van der Waals surface area contributed by atoms with Gasteiger partial charge in [0.05, 0.1) is 11.4 Å². The zero-order valence-corrected chi connectivity index (χ0v) is 9.26. The molecule has 1 heterocycles. The SMILES string of the molecule is CC.CC.Cc1nc(N)ccc1N. The van der Waals surface area contributed by atoms with Gasteiger partial charge in [0.15, 0.2) is 0 Å². The molecule has 0 spiro atoms. The Hall–Kier alpha value is -1.25. The van der Waals surface area contributed by atoms with Crippen LogP contribution >= 0.6 is 0 Å². The molecule has 0 fully saturated rings. The van der Waals surface area contributed by atoms with E-state index in [0.717, 1.165) is 5.69 Å². The molecule has 3 heteroatoms. The Labute approximate surface area is 81.2 Å². The molecule has 0 aliphatic rings. The third-order valence-corrected chi connectivity index (χ3v) is 1.15. The summed E-state index contributed by atoms with van der Waals surface area (Å²) >= 11 is 0. The molecule has 0 unspecified atom stereocenters. The molecule has 0 atom stereocenters. The Balaban J connectivity index is 0. The standard InChI is InChI=1S/C6H9N3.2C2H6/c1-4-5(7)2-3-6(8)9-4;2*1-2/h2-3H,7H2,1H3,(H2,8,9);2*1-2H3. The Kier molecular flexibility index (Phi) is 9.72. The molecule has 0 amide bonds. The van der Waals surface area contributed by atoms with Crippen LogP contribution in [-0.2, 0) is 0 Å². The zero-order chi connectivity index (χ0) is 10.9. The zero-order valence-electron chi connectivity index (χ0n) is 9.26. The van der Waals surface area contributed by atoms with Crippen molar-refractivity contribution in [1.29, 1.82) is 0 Å². The maximum atomic E-state index is 5.47. The summed E-state index contributed by atoms with van der Waals surface area (Å²) in [6.07, 6.45) is 0. The summed E-state index contributed by atoms with van der Waals surface area (Å²) in [6, 6.07) is 3.43. The van der Waals surface area contributed by atoms with Crippen molar-refractivity contribution >= 4 is 11.5 Å².